The van der Waals surface area contributed by atoms with Gasteiger partial charge in [-0.1, -0.05) is 103 Å². The second-order valence-electron chi connectivity index (χ2n) is 21.6. The SMILES string of the molecule is ClCc1c(-c2c(Cl)cccc2Cl)noc1C1CC1.O[C@@H]1CO[C@H]2[C@@H]1OC[C@@H]2O.O[C@@H]1CO[C@H]2[C@@H]1OC[C@@H]2OCc1c(-c2c(Cl)cccc2Cl)noc1C1CC1.O[C@H]1CO[C@H]2[C@@H]1OC[C@H]2OCc1c(-c2c(Cl)cccc2Cl)noc1C1CC1. The molecule has 25 heteroatoms. The van der Waals surface area contributed by atoms with Crippen molar-refractivity contribution < 1.29 is 71.9 Å². The Morgan fingerprint density at radius 1 is 0.390 bits per heavy atom. The average molecular weight is 1270 g/mol. The molecule has 6 saturated heterocycles. The van der Waals surface area contributed by atoms with Crippen LogP contribution in [0, 0.1) is 0 Å². The van der Waals surface area contributed by atoms with Gasteiger partial charge in [0.2, 0.25) is 0 Å². The Labute approximate surface area is 506 Å². The van der Waals surface area contributed by atoms with Gasteiger partial charge in [-0.3, -0.25) is 0 Å². The van der Waals surface area contributed by atoms with Gasteiger partial charge in [0.25, 0.3) is 0 Å². The fourth-order valence-electron chi connectivity index (χ4n) is 11.1. The first-order valence-electron chi connectivity index (χ1n) is 27.3. The van der Waals surface area contributed by atoms with E-state index in [-0.39, 0.29) is 75.3 Å². The Morgan fingerprint density at radius 3 is 0.963 bits per heavy atom. The Balaban J connectivity index is 0.000000114. The number of alkyl halides is 1. The third-order valence-corrected chi connectivity index (χ3v) is 18.0. The number of ether oxygens (including phenoxy) is 8. The highest BCUT2D eigenvalue weighted by atomic mass is 35.5. The summed E-state index contributed by atoms with van der Waals surface area (Å²) in [5.41, 5.74) is 6.57. The Bertz CT molecular complexity index is 2990. The Hall–Kier alpha value is -3.16. The van der Waals surface area contributed by atoms with Crippen LogP contribution in [0.2, 0.25) is 30.1 Å². The topological polar surface area (TPSA) is 233 Å². The standard InChI is InChI=1S/2C19H19Cl2NO5.C13H10Cl3NO.C6H10O4/c2*20-11-2-1-3-12(21)15(11)16-10(17(27-22-16)9-4-5-9)6-24-14-8-26-18-13(23)7-25-19(14)18;14-6-8-12(17-18-13(8)7-4-5-7)11-9(15)2-1-3-10(11)16;7-3-1-9-6-4(8)2-10-5(3)6/h2*1-3,9,13-14,18-19,23H,4-8H2;1-3,7H,4-6H2;3-8H,1-2H2/t13-,14+,18+,19+;13-,14+,18-,19-;;3-,4+,5-,6-/m01.1/s1. The summed E-state index contributed by atoms with van der Waals surface area (Å²) in [6, 6.07) is 16.1. The second-order valence-corrected chi connectivity index (χ2v) is 24.3. The lowest BCUT2D eigenvalue weighted by Gasteiger charge is -2.17. The minimum absolute atomic E-state index is 0.247. The molecule has 3 aromatic heterocycles. The van der Waals surface area contributed by atoms with Crippen molar-refractivity contribution in [1.29, 1.82) is 0 Å². The third kappa shape index (κ3) is 12.4. The molecule has 9 fully saturated rings. The van der Waals surface area contributed by atoms with Crippen LogP contribution in [-0.4, -0.2) is 149 Å². The van der Waals surface area contributed by atoms with E-state index in [4.69, 9.17) is 143 Å². The quantitative estimate of drug-likeness (QED) is 0.0787. The first-order valence-corrected chi connectivity index (χ1v) is 30.1. The van der Waals surface area contributed by atoms with Crippen LogP contribution in [0.4, 0.5) is 0 Å². The van der Waals surface area contributed by atoms with Crippen molar-refractivity contribution in [1.82, 2.24) is 15.5 Å². The zero-order valence-electron chi connectivity index (χ0n) is 43.7. The molecular weight excluding hydrogens is 1210 g/mol. The van der Waals surface area contributed by atoms with Crippen LogP contribution < -0.4 is 0 Å². The van der Waals surface area contributed by atoms with Gasteiger partial charge in [0.15, 0.2) is 0 Å². The monoisotopic (exact) mass is 1270 g/mol. The van der Waals surface area contributed by atoms with Crippen LogP contribution in [0.25, 0.3) is 33.8 Å². The van der Waals surface area contributed by atoms with E-state index in [2.05, 4.69) is 15.5 Å². The number of rotatable bonds is 13. The predicted molar refractivity (Wildman–Crippen MR) is 301 cm³/mol. The van der Waals surface area contributed by atoms with Gasteiger partial charge in [-0.05, 0) is 74.9 Å². The van der Waals surface area contributed by atoms with Crippen molar-refractivity contribution in [2.75, 3.05) is 39.6 Å². The maximum Gasteiger partial charge on any atom is 0.145 e. The summed E-state index contributed by atoms with van der Waals surface area (Å²) < 4.78 is 61.7. The number of nitrogens with zero attached hydrogens (tertiary/aromatic N) is 3. The van der Waals surface area contributed by atoms with Crippen LogP contribution in [0.3, 0.4) is 0 Å². The first kappa shape index (κ1) is 59.2. The normalized spacial score (nSPS) is 29.6. The van der Waals surface area contributed by atoms with Gasteiger partial charge in [-0.15, -0.1) is 11.6 Å². The molecule has 0 bridgehead atoms. The van der Waals surface area contributed by atoms with Gasteiger partial charge in [0.05, 0.1) is 88.9 Å². The van der Waals surface area contributed by atoms with Crippen LogP contribution in [-0.2, 0) is 57.0 Å². The number of halogens is 7. The number of benzene rings is 3. The van der Waals surface area contributed by atoms with Crippen molar-refractivity contribution in [2.24, 2.45) is 0 Å². The summed E-state index contributed by atoms with van der Waals surface area (Å²) in [7, 11) is 0. The van der Waals surface area contributed by atoms with Crippen molar-refractivity contribution >= 4 is 81.2 Å². The zero-order valence-corrected chi connectivity index (χ0v) is 49.0. The lowest BCUT2D eigenvalue weighted by atomic mass is 10.0. The summed E-state index contributed by atoms with van der Waals surface area (Å²) in [6.45, 7) is 2.48. The lowest BCUT2D eigenvalue weighted by molar-refractivity contribution is -0.0441. The van der Waals surface area contributed by atoms with Crippen molar-refractivity contribution in [3.63, 3.8) is 0 Å². The average Bonchev–Trinajstić information content (AvgIpc) is 4.49. The van der Waals surface area contributed by atoms with Gasteiger partial charge >= 0.3 is 0 Å². The van der Waals surface area contributed by atoms with E-state index in [1.54, 1.807) is 54.6 Å². The molecule has 0 amide bonds. The van der Waals surface area contributed by atoms with Gasteiger partial charge in [-0.2, -0.15) is 0 Å². The molecule has 3 aliphatic carbocycles. The molecule has 0 unspecified atom stereocenters. The second kappa shape index (κ2) is 25.7. The largest absolute Gasteiger partial charge is 0.388 e. The number of aliphatic hydroxyl groups is 4. The predicted octanol–water partition coefficient (Wildman–Crippen LogP) is 10.9. The molecular formula is C57H58Cl7N3O15. The van der Waals surface area contributed by atoms with Gasteiger partial charge in [0, 0.05) is 51.1 Å². The van der Waals surface area contributed by atoms with Crippen LogP contribution in [0.15, 0.2) is 68.2 Å². The van der Waals surface area contributed by atoms with Crippen molar-refractivity contribution in [3.05, 3.63) is 119 Å². The van der Waals surface area contributed by atoms with E-state index in [0.29, 0.717) is 114 Å². The zero-order chi connectivity index (χ0) is 56.9. The molecule has 82 heavy (non-hydrogen) atoms. The van der Waals surface area contributed by atoms with Gasteiger partial charge < -0.3 is 71.9 Å². The molecule has 6 aliphatic heterocycles. The molecule has 18 nitrogen and oxygen atoms in total. The summed E-state index contributed by atoms with van der Waals surface area (Å²) in [6.07, 6.45) is 2.02. The fraction of sp³-hybridized carbons (Fsp3) is 0.526. The smallest absolute Gasteiger partial charge is 0.145 e. The molecule has 0 radical (unpaired) electrons. The summed E-state index contributed by atoms with van der Waals surface area (Å²) in [5, 5.41) is 53.9. The third-order valence-electron chi connectivity index (χ3n) is 15.9. The van der Waals surface area contributed by atoms with E-state index in [0.717, 1.165) is 72.5 Å². The van der Waals surface area contributed by atoms with E-state index in [9.17, 15) is 10.2 Å². The first-order chi connectivity index (χ1) is 39.8. The lowest BCUT2D eigenvalue weighted by Crippen LogP contribution is -2.32. The molecule has 9 heterocycles. The Morgan fingerprint density at radius 2 is 0.659 bits per heavy atom. The minimum Gasteiger partial charge on any atom is -0.388 e. The van der Waals surface area contributed by atoms with Crippen molar-refractivity contribution in [3.8, 4) is 33.8 Å². The molecule has 3 saturated carbocycles. The highest BCUT2D eigenvalue weighted by Crippen LogP contribution is 2.49. The molecule has 6 aromatic rings. The van der Waals surface area contributed by atoms with E-state index in [1.807, 2.05) is 0 Å². The minimum atomic E-state index is -0.598. The highest BCUT2D eigenvalue weighted by Gasteiger charge is 2.50. The van der Waals surface area contributed by atoms with E-state index in [1.165, 1.54) is 0 Å². The van der Waals surface area contributed by atoms with E-state index < -0.39 is 24.4 Å². The fourth-order valence-corrected chi connectivity index (χ4v) is 13.1. The van der Waals surface area contributed by atoms with Gasteiger partial charge in [-0.25, -0.2) is 0 Å². The molecule has 4 N–H and O–H groups in total. The van der Waals surface area contributed by atoms with Crippen LogP contribution in [0.5, 0.6) is 0 Å². The Kier molecular flexibility index (Phi) is 18.5. The molecule has 3 aromatic carbocycles. The molecule has 12 atom stereocenters. The number of fused-ring (bicyclic) bond motifs is 3. The van der Waals surface area contributed by atoms with Crippen LogP contribution in [0.1, 0.15) is 90.2 Å². The maximum absolute atomic E-state index is 9.89. The van der Waals surface area contributed by atoms with E-state index >= 15 is 0 Å². The highest BCUT2D eigenvalue weighted by molar-refractivity contribution is 6.40. The number of hydrogen-bond acceptors (Lipinski definition) is 18. The molecule has 440 valence electrons. The van der Waals surface area contributed by atoms with Crippen molar-refractivity contribution in [2.45, 2.75) is 149 Å². The molecule has 9 aliphatic rings. The summed E-state index contributed by atoms with van der Waals surface area (Å²) >= 11 is 43.9. The summed E-state index contributed by atoms with van der Waals surface area (Å²) in [5.74, 6) is 4.10. The maximum atomic E-state index is 9.89. The molecule has 0 spiro atoms. The van der Waals surface area contributed by atoms with Crippen LogP contribution >= 0.6 is 81.2 Å². The number of hydrogen-bond donors (Lipinski definition) is 4. The number of aliphatic hydroxyl groups excluding tert-OH is 4. The molecule has 15 rings (SSSR count). The van der Waals surface area contributed by atoms with Gasteiger partial charge in [0.1, 0.15) is 108 Å². The summed E-state index contributed by atoms with van der Waals surface area (Å²) in [4.78, 5) is 0. The number of aromatic nitrogens is 3.